The predicted molar refractivity (Wildman–Crippen MR) is 79.7 cm³/mol. The molecule has 0 amide bonds. The SMILES string of the molecule is O=c1c(-c2ccncc2)cc2ccccc2n1C1CC1. The Labute approximate surface area is 116 Å². The zero-order valence-corrected chi connectivity index (χ0v) is 11.0. The van der Waals surface area contributed by atoms with Gasteiger partial charge in [-0.15, -0.1) is 0 Å². The molecule has 0 N–H and O–H groups in total. The smallest absolute Gasteiger partial charge is 0.259 e. The molecule has 0 bridgehead atoms. The van der Waals surface area contributed by atoms with E-state index >= 15 is 0 Å². The van der Waals surface area contributed by atoms with Crippen molar-refractivity contribution in [3.8, 4) is 11.1 Å². The molecule has 0 radical (unpaired) electrons. The maximum Gasteiger partial charge on any atom is 0.259 e. The van der Waals surface area contributed by atoms with Gasteiger partial charge in [-0.1, -0.05) is 18.2 Å². The molecule has 98 valence electrons. The molecular formula is C17H14N2O. The van der Waals surface area contributed by atoms with Gasteiger partial charge in [-0.3, -0.25) is 9.78 Å². The van der Waals surface area contributed by atoms with Crippen LogP contribution in [-0.4, -0.2) is 9.55 Å². The monoisotopic (exact) mass is 262 g/mol. The lowest BCUT2D eigenvalue weighted by molar-refractivity contribution is 0.741. The van der Waals surface area contributed by atoms with E-state index in [1.54, 1.807) is 12.4 Å². The number of pyridine rings is 2. The average Bonchev–Trinajstić information content (AvgIpc) is 3.32. The summed E-state index contributed by atoms with van der Waals surface area (Å²) in [5.41, 5.74) is 2.85. The Morgan fingerprint density at radius 1 is 1.05 bits per heavy atom. The number of benzene rings is 1. The van der Waals surface area contributed by atoms with Gasteiger partial charge in [0.15, 0.2) is 0 Å². The second-order valence-electron chi connectivity index (χ2n) is 5.26. The summed E-state index contributed by atoms with van der Waals surface area (Å²) in [6, 6.07) is 14.3. The minimum Gasteiger partial charge on any atom is -0.305 e. The van der Waals surface area contributed by atoms with Crippen molar-refractivity contribution >= 4 is 10.9 Å². The summed E-state index contributed by atoms with van der Waals surface area (Å²) in [4.78, 5) is 16.8. The lowest BCUT2D eigenvalue weighted by atomic mass is 10.1. The van der Waals surface area contributed by atoms with Crippen LogP contribution in [0.25, 0.3) is 22.0 Å². The molecule has 4 rings (SSSR count). The topological polar surface area (TPSA) is 34.9 Å². The number of para-hydroxylation sites is 1. The summed E-state index contributed by atoms with van der Waals surface area (Å²) in [6.07, 6.45) is 5.66. The largest absolute Gasteiger partial charge is 0.305 e. The van der Waals surface area contributed by atoms with E-state index in [9.17, 15) is 4.79 Å². The van der Waals surface area contributed by atoms with Gasteiger partial charge in [-0.05, 0) is 48.1 Å². The Morgan fingerprint density at radius 3 is 2.55 bits per heavy atom. The van der Waals surface area contributed by atoms with Crippen LogP contribution in [-0.2, 0) is 0 Å². The molecule has 0 atom stereocenters. The van der Waals surface area contributed by atoms with Crippen LogP contribution in [0.1, 0.15) is 18.9 Å². The molecule has 1 fully saturated rings. The fourth-order valence-corrected chi connectivity index (χ4v) is 2.72. The van der Waals surface area contributed by atoms with Crippen molar-refractivity contribution in [3.05, 3.63) is 65.2 Å². The molecule has 0 saturated heterocycles. The number of nitrogens with zero attached hydrogens (tertiary/aromatic N) is 2. The highest BCUT2D eigenvalue weighted by Crippen LogP contribution is 2.36. The van der Waals surface area contributed by atoms with Crippen molar-refractivity contribution in [2.45, 2.75) is 18.9 Å². The van der Waals surface area contributed by atoms with Crippen molar-refractivity contribution in [1.29, 1.82) is 0 Å². The zero-order valence-electron chi connectivity index (χ0n) is 11.0. The molecule has 0 aliphatic heterocycles. The number of aromatic nitrogens is 2. The van der Waals surface area contributed by atoms with E-state index in [1.165, 1.54) is 0 Å². The zero-order chi connectivity index (χ0) is 13.5. The molecular weight excluding hydrogens is 248 g/mol. The summed E-state index contributed by atoms with van der Waals surface area (Å²) in [5.74, 6) is 0. The second-order valence-corrected chi connectivity index (χ2v) is 5.26. The minimum absolute atomic E-state index is 0.109. The molecule has 0 unspecified atom stereocenters. The standard InChI is InChI=1S/C17H14N2O/c20-17-15(12-7-9-18-10-8-12)11-13-3-1-2-4-16(13)19(17)14-5-6-14/h1-4,7-11,14H,5-6H2. The van der Waals surface area contributed by atoms with Crippen LogP contribution in [0.4, 0.5) is 0 Å². The van der Waals surface area contributed by atoms with Crippen LogP contribution in [0.3, 0.4) is 0 Å². The van der Waals surface area contributed by atoms with E-state index in [4.69, 9.17) is 0 Å². The van der Waals surface area contributed by atoms with Gasteiger partial charge in [0, 0.05) is 24.0 Å². The van der Waals surface area contributed by atoms with Gasteiger partial charge in [-0.2, -0.15) is 0 Å². The molecule has 0 spiro atoms. The van der Waals surface area contributed by atoms with Crippen LogP contribution in [0.15, 0.2) is 59.7 Å². The van der Waals surface area contributed by atoms with E-state index in [2.05, 4.69) is 11.1 Å². The maximum absolute atomic E-state index is 12.8. The minimum atomic E-state index is 0.109. The highest BCUT2D eigenvalue weighted by molar-refractivity contribution is 5.84. The van der Waals surface area contributed by atoms with E-state index in [-0.39, 0.29) is 5.56 Å². The molecule has 2 heterocycles. The first-order valence-electron chi connectivity index (χ1n) is 6.89. The second kappa shape index (κ2) is 4.30. The van der Waals surface area contributed by atoms with Gasteiger partial charge in [0.2, 0.25) is 0 Å². The third-order valence-electron chi connectivity index (χ3n) is 3.85. The van der Waals surface area contributed by atoms with Crippen molar-refractivity contribution in [1.82, 2.24) is 9.55 Å². The van der Waals surface area contributed by atoms with E-state index in [0.29, 0.717) is 6.04 Å². The molecule has 3 aromatic rings. The fourth-order valence-electron chi connectivity index (χ4n) is 2.72. The van der Waals surface area contributed by atoms with Gasteiger partial charge in [0.1, 0.15) is 0 Å². The highest BCUT2D eigenvalue weighted by Gasteiger charge is 2.27. The van der Waals surface area contributed by atoms with Crippen LogP contribution >= 0.6 is 0 Å². The Balaban J connectivity index is 2.08. The number of fused-ring (bicyclic) bond motifs is 1. The summed E-state index contributed by atoms with van der Waals surface area (Å²) in [6.45, 7) is 0. The molecule has 2 aromatic heterocycles. The average molecular weight is 262 g/mol. The molecule has 3 heteroatoms. The molecule has 1 aliphatic rings. The predicted octanol–water partition coefficient (Wildman–Crippen LogP) is 3.40. The van der Waals surface area contributed by atoms with Crippen LogP contribution in [0.2, 0.25) is 0 Å². The molecule has 3 nitrogen and oxygen atoms in total. The number of hydrogen-bond donors (Lipinski definition) is 0. The van der Waals surface area contributed by atoms with Gasteiger partial charge in [0.05, 0.1) is 5.52 Å². The number of hydrogen-bond acceptors (Lipinski definition) is 2. The summed E-state index contributed by atoms with van der Waals surface area (Å²) in [7, 11) is 0. The molecule has 20 heavy (non-hydrogen) atoms. The fraction of sp³-hybridized carbons (Fsp3) is 0.176. The van der Waals surface area contributed by atoms with Crippen molar-refractivity contribution in [2.24, 2.45) is 0 Å². The summed E-state index contributed by atoms with van der Waals surface area (Å²) in [5, 5.41) is 1.12. The quantitative estimate of drug-likeness (QED) is 0.709. The lowest BCUT2D eigenvalue weighted by Gasteiger charge is -2.12. The van der Waals surface area contributed by atoms with Gasteiger partial charge in [-0.25, -0.2) is 0 Å². The van der Waals surface area contributed by atoms with Crippen LogP contribution in [0, 0.1) is 0 Å². The van der Waals surface area contributed by atoms with Crippen molar-refractivity contribution < 1.29 is 0 Å². The molecule has 1 aromatic carbocycles. The Bertz CT molecular complexity index is 832. The highest BCUT2D eigenvalue weighted by atomic mass is 16.1. The van der Waals surface area contributed by atoms with E-state index < -0.39 is 0 Å². The normalized spacial score (nSPS) is 14.6. The summed E-state index contributed by atoms with van der Waals surface area (Å²) >= 11 is 0. The van der Waals surface area contributed by atoms with Crippen LogP contribution in [0.5, 0.6) is 0 Å². The first kappa shape index (κ1) is 11.4. The van der Waals surface area contributed by atoms with E-state index in [0.717, 1.165) is 34.9 Å². The number of rotatable bonds is 2. The third kappa shape index (κ3) is 1.74. The molecule has 1 saturated carbocycles. The maximum atomic E-state index is 12.8. The van der Waals surface area contributed by atoms with Gasteiger partial charge < -0.3 is 4.57 Å². The van der Waals surface area contributed by atoms with Crippen molar-refractivity contribution in [3.63, 3.8) is 0 Å². The first-order valence-corrected chi connectivity index (χ1v) is 6.89. The molecule has 1 aliphatic carbocycles. The lowest BCUT2D eigenvalue weighted by Crippen LogP contribution is -2.21. The third-order valence-corrected chi connectivity index (χ3v) is 3.85. The Kier molecular flexibility index (Phi) is 2.46. The van der Waals surface area contributed by atoms with Gasteiger partial charge >= 0.3 is 0 Å². The van der Waals surface area contributed by atoms with Gasteiger partial charge in [0.25, 0.3) is 5.56 Å². The first-order chi connectivity index (χ1) is 9.84. The van der Waals surface area contributed by atoms with Crippen molar-refractivity contribution in [2.75, 3.05) is 0 Å². The Hall–Kier alpha value is -2.42. The van der Waals surface area contributed by atoms with E-state index in [1.807, 2.05) is 41.0 Å². The Morgan fingerprint density at radius 2 is 1.80 bits per heavy atom. The summed E-state index contributed by atoms with van der Waals surface area (Å²) < 4.78 is 1.96. The van der Waals surface area contributed by atoms with Crippen LogP contribution < -0.4 is 5.56 Å².